The van der Waals surface area contributed by atoms with E-state index >= 15 is 0 Å². The largest absolute Gasteiger partial charge is 0.458 e. The Bertz CT molecular complexity index is 710. The first-order valence-corrected chi connectivity index (χ1v) is 7.03. The molecule has 0 aliphatic carbocycles. The van der Waals surface area contributed by atoms with Gasteiger partial charge in [0.1, 0.15) is 13.2 Å². The van der Waals surface area contributed by atoms with Gasteiger partial charge < -0.3 is 18.9 Å². The third kappa shape index (κ3) is 3.60. The average molecular weight is 314 g/mol. The van der Waals surface area contributed by atoms with E-state index in [0.717, 1.165) is 0 Å². The van der Waals surface area contributed by atoms with Gasteiger partial charge in [-0.1, -0.05) is 18.2 Å². The number of hydrogen-bond donors (Lipinski definition) is 0. The van der Waals surface area contributed by atoms with Gasteiger partial charge in [-0.3, -0.25) is 0 Å². The Morgan fingerprint density at radius 2 is 1.48 bits per heavy atom. The van der Waals surface area contributed by atoms with Crippen LogP contribution in [0.1, 0.15) is 20.7 Å². The quantitative estimate of drug-likeness (QED) is 0.623. The van der Waals surface area contributed by atoms with Crippen molar-refractivity contribution in [1.29, 1.82) is 0 Å². The molecular formula is C17H14O6. The number of carbonyl (C=O) groups is 2. The summed E-state index contributed by atoms with van der Waals surface area (Å²) in [6.45, 7) is 0.110. The van der Waals surface area contributed by atoms with E-state index in [1.807, 2.05) is 6.07 Å². The summed E-state index contributed by atoms with van der Waals surface area (Å²) in [6, 6.07) is 13.4. The van der Waals surface area contributed by atoms with Gasteiger partial charge in [-0.25, -0.2) is 9.59 Å². The topological polar surface area (TPSA) is 71.1 Å². The van der Waals surface area contributed by atoms with Crippen molar-refractivity contribution in [1.82, 2.24) is 0 Å². The van der Waals surface area contributed by atoms with Gasteiger partial charge in [-0.2, -0.15) is 0 Å². The highest BCUT2D eigenvalue weighted by Crippen LogP contribution is 2.32. The molecule has 23 heavy (non-hydrogen) atoms. The normalized spacial score (nSPS) is 11.8. The monoisotopic (exact) mass is 314 g/mol. The molecule has 6 nitrogen and oxygen atoms in total. The Morgan fingerprint density at radius 1 is 0.826 bits per heavy atom. The van der Waals surface area contributed by atoms with Crippen LogP contribution < -0.4 is 9.47 Å². The molecular weight excluding hydrogens is 300 g/mol. The van der Waals surface area contributed by atoms with Gasteiger partial charge in [0.25, 0.3) is 0 Å². The molecule has 0 radical (unpaired) electrons. The number of hydrogen-bond acceptors (Lipinski definition) is 6. The molecule has 3 rings (SSSR count). The van der Waals surface area contributed by atoms with Crippen LogP contribution in [0.25, 0.3) is 0 Å². The van der Waals surface area contributed by atoms with Crippen LogP contribution in [0.3, 0.4) is 0 Å². The molecule has 0 spiro atoms. The highest BCUT2D eigenvalue weighted by Gasteiger charge is 2.17. The molecule has 0 saturated carbocycles. The Balaban J connectivity index is 1.45. The van der Waals surface area contributed by atoms with Crippen LogP contribution in [0.15, 0.2) is 48.5 Å². The van der Waals surface area contributed by atoms with Crippen LogP contribution in [-0.2, 0) is 9.47 Å². The second-order valence-corrected chi connectivity index (χ2v) is 4.71. The first kappa shape index (κ1) is 14.9. The summed E-state index contributed by atoms with van der Waals surface area (Å²) >= 11 is 0. The van der Waals surface area contributed by atoms with Crippen molar-refractivity contribution in [3.63, 3.8) is 0 Å². The third-order valence-corrected chi connectivity index (χ3v) is 3.17. The van der Waals surface area contributed by atoms with Crippen LogP contribution >= 0.6 is 0 Å². The van der Waals surface area contributed by atoms with Crippen molar-refractivity contribution < 1.29 is 28.5 Å². The minimum atomic E-state index is -0.515. The molecule has 1 aliphatic heterocycles. The van der Waals surface area contributed by atoms with Crippen molar-refractivity contribution in [2.45, 2.75) is 0 Å². The zero-order valence-corrected chi connectivity index (χ0v) is 12.2. The lowest BCUT2D eigenvalue weighted by molar-refractivity contribution is 0.0265. The fourth-order valence-corrected chi connectivity index (χ4v) is 2.03. The summed E-state index contributed by atoms with van der Waals surface area (Å²) in [7, 11) is 0. The van der Waals surface area contributed by atoms with Gasteiger partial charge in [0.05, 0.1) is 11.1 Å². The van der Waals surface area contributed by atoms with E-state index in [1.54, 1.807) is 42.5 Å². The second-order valence-electron chi connectivity index (χ2n) is 4.71. The molecule has 0 bridgehead atoms. The number of rotatable bonds is 5. The number of benzene rings is 2. The van der Waals surface area contributed by atoms with Crippen molar-refractivity contribution in [3.8, 4) is 11.5 Å². The highest BCUT2D eigenvalue weighted by atomic mass is 16.7. The summed E-state index contributed by atoms with van der Waals surface area (Å²) < 4.78 is 20.5. The molecule has 1 heterocycles. The van der Waals surface area contributed by atoms with E-state index < -0.39 is 11.9 Å². The molecule has 0 saturated heterocycles. The lowest BCUT2D eigenvalue weighted by atomic mass is 10.2. The van der Waals surface area contributed by atoms with Crippen molar-refractivity contribution in [2.75, 3.05) is 20.0 Å². The maximum atomic E-state index is 11.9. The predicted molar refractivity (Wildman–Crippen MR) is 79.6 cm³/mol. The Hall–Kier alpha value is -3.02. The molecule has 6 heteroatoms. The fraction of sp³-hybridized carbons (Fsp3) is 0.176. The second kappa shape index (κ2) is 6.83. The van der Waals surface area contributed by atoms with Crippen molar-refractivity contribution in [2.24, 2.45) is 0 Å². The molecule has 1 aliphatic rings. The summed E-state index contributed by atoms with van der Waals surface area (Å²) in [5, 5.41) is 0. The summed E-state index contributed by atoms with van der Waals surface area (Å²) in [4.78, 5) is 23.6. The molecule has 2 aromatic carbocycles. The predicted octanol–water partition coefficient (Wildman–Crippen LogP) is 2.43. The van der Waals surface area contributed by atoms with E-state index in [2.05, 4.69) is 0 Å². The summed E-state index contributed by atoms with van der Waals surface area (Å²) in [6.07, 6.45) is 0. The van der Waals surface area contributed by atoms with Gasteiger partial charge in [0.15, 0.2) is 11.5 Å². The highest BCUT2D eigenvalue weighted by molar-refractivity contribution is 5.90. The molecule has 0 unspecified atom stereocenters. The van der Waals surface area contributed by atoms with Gasteiger partial charge in [-0.15, -0.1) is 0 Å². The number of ether oxygens (including phenoxy) is 4. The minimum Gasteiger partial charge on any atom is -0.458 e. The number of carbonyl (C=O) groups excluding carboxylic acids is 2. The molecule has 0 aromatic heterocycles. The maximum absolute atomic E-state index is 11.9. The lowest BCUT2D eigenvalue weighted by Crippen LogP contribution is -2.14. The zero-order chi connectivity index (χ0) is 16.1. The average Bonchev–Trinajstić information content (AvgIpc) is 3.06. The standard InChI is InChI=1S/C17H14O6/c18-16(12-4-2-1-3-5-12)20-8-9-21-17(19)13-6-7-14-15(10-13)23-11-22-14/h1-7,10H,8-9,11H2. The molecule has 0 N–H and O–H groups in total. The third-order valence-electron chi connectivity index (χ3n) is 3.17. The van der Waals surface area contributed by atoms with E-state index in [9.17, 15) is 9.59 Å². The van der Waals surface area contributed by atoms with Crippen molar-refractivity contribution in [3.05, 3.63) is 59.7 Å². The van der Waals surface area contributed by atoms with Gasteiger partial charge >= 0.3 is 11.9 Å². The molecule has 118 valence electrons. The zero-order valence-electron chi connectivity index (χ0n) is 12.2. The van der Waals surface area contributed by atoms with Gasteiger partial charge in [-0.05, 0) is 30.3 Å². The Morgan fingerprint density at radius 3 is 2.22 bits per heavy atom. The SMILES string of the molecule is O=C(OCCOC(=O)c1ccc2c(c1)OCO2)c1ccccc1. The molecule has 0 atom stereocenters. The summed E-state index contributed by atoms with van der Waals surface area (Å²) in [5.74, 6) is 0.136. The van der Waals surface area contributed by atoms with Crippen molar-refractivity contribution >= 4 is 11.9 Å². The molecule has 0 amide bonds. The van der Waals surface area contributed by atoms with E-state index in [0.29, 0.717) is 22.6 Å². The summed E-state index contributed by atoms with van der Waals surface area (Å²) in [5.41, 5.74) is 0.804. The first-order chi connectivity index (χ1) is 11.2. The molecule has 0 fully saturated rings. The maximum Gasteiger partial charge on any atom is 0.338 e. The number of esters is 2. The van der Waals surface area contributed by atoms with Crippen LogP contribution in [0, 0.1) is 0 Å². The van der Waals surface area contributed by atoms with Crippen LogP contribution in [0.2, 0.25) is 0 Å². The minimum absolute atomic E-state index is 0.00990. The Labute approximate surface area is 132 Å². The van der Waals surface area contributed by atoms with Gasteiger partial charge in [0, 0.05) is 0 Å². The van der Waals surface area contributed by atoms with Crippen LogP contribution in [0.5, 0.6) is 11.5 Å². The van der Waals surface area contributed by atoms with Gasteiger partial charge in [0.2, 0.25) is 6.79 Å². The fourth-order valence-electron chi connectivity index (χ4n) is 2.03. The van der Waals surface area contributed by atoms with Crippen LogP contribution in [-0.4, -0.2) is 31.9 Å². The van der Waals surface area contributed by atoms with E-state index in [-0.39, 0.29) is 20.0 Å². The smallest absolute Gasteiger partial charge is 0.338 e. The lowest BCUT2D eigenvalue weighted by Gasteiger charge is -2.07. The number of fused-ring (bicyclic) bond motifs is 1. The van der Waals surface area contributed by atoms with Crippen LogP contribution in [0.4, 0.5) is 0 Å². The Kier molecular flexibility index (Phi) is 4.42. The van der Waals surface area contributed by atoms with E-state index in [4.69, 9.17) is 18.9 Å². The first-order valence-electron chi connectivity index (χ1n) is 7.03. The molecule has 2 aromatic rings. The van der Waals surface area contributed by atoms with E-state index in [1.165, 1.54) is 0 Å².